The summed E-state index contributed by atoms with van der Waals surface area (Å²) in [6, 6.07) is 6.60. The van der Waals surface area contributed by atoms with E-state index in [1.807, 2.05) is 14.0 Å². The molecule has 0 radical (unpaired) electrons. The van der Waals surface area contributed by atoms with Crippen molar-refractivity contribution in [1.82, 2.24) is 4.57 Å². The summed E-state index contributed by atoms with van der Waals surface area (Å²) in [7, 11) is 2.00. The normalized spacial score (nSPS) is 25.5. The van der Waals surface area contributed by atoms with Gasteiger partial charge in [0.15, 0.2) is 0 Å². The highest BCUT2D eigenvalue weighted by Gasteiger charge is 2.40. The number of benzene rings is 1. The molecule has 128 valence electrons. The number of nitrogens with two attached hydrogens (primary N) is 1. The topological polar surface area (TPSA) is 57.2 Å². The van der Waals surface area contributed by atoms with Crippen molar-refractivity contribution >= 4 is 16.9 Å². The van der Waals surface area contributed by atoms with Crippen molar-refractivity contribution in [3.05, 3.63) is 35.0 Å². The van der Waals surface area contributed by atoms with Crippen LogP contribution in [0, 0.1) is 11.8 Å². The molecule has 1 heterocycles. The first kappa shape index (κ1) is 15.7. The molecule has 0 aliphatic heterocycles. The Morgan fingerprint density at radius 2 is 2.17 bits per heavy atom. The number of hydrogen-bond acceptors (Lipinski definition) is 3. The van der Waals surface area contributed by atoms with Gasteiger partial charge in [-0.1, -0.05) is 18.6 Å². The van der Waals surface area contributed by atoms with Gasteiger partial charge in [-0.2, -0.15) is 0 Å². The number of esters is 1. The number of carbonyl (C=O) groups excluding carboxylic acids is 1. The Morgan fingerprint density at radius 1 is 1.33 bits per heavy atom. The molecule has 1 aromatic carbocycles. The molecule has 0 saturated heterocycles. The molecule has 4 rings (SSSR count). The highest BCUT2D eigenvalue weighted by atomic mass is 16.5. The second-order valence-corrected chi connectivity index (χ2v) is 7.36. The van der Waals surface area contributed by atoms with Crippen molar-refractivity contribution in [2.75, 3.05) is 6.61 Å². The molecular weight excluding hydrogens is 300 g/mol. The van der Waals surface area contributed by atoms with E-state index in [0.717, 1.165) is 28.4 Å². The molecule has 2 bridgehead atoms. The first-order valence-electron chi connectivity index (χ1n) is 9.12. The van der Waals surface area contributed by atoms with Gasteiger partial charge in [-0.25, -0.2) is 4.79 Å². The summed E-state index contributed by atoms with van der Waals surface area (Å²) in [5.74, 6) is 2.21. The number of nitrogens with zero attached hydrogens (tertiary/aromatic N) is 1. The number of rotatable bonds is 4. The smallest absolute Gasteiger partial charge is 0.340 e. The summed E-state index contributed by atoms with van der Waals surface area (Å²) in [5.41, 5.74) is 9.94. The first-order chi connectivity index (χ1) is 11.6. The van der Waals surface area contributed by atoms with Crippen molar-refractivity contribution < 1.29 is 9.53 Å². The second-order valence-electron chi connectivity index (χ2n) is 7.36. The van der Waals surface area contributed by atoms with Crippen molar-refractivity contribution in [3.63, 3.8) is 0 Å². The van der Waals surface area contributed by atoms with Crippen LogP contribution >= 0.6 is 0 Å². The molecule has 2 saturated carbocycles. The molecule has 0 spiro atoms. The molecule has 1 aromatic heterocycles. The fraction of sp³-hybridized carbons (Fsp3) is 0.550. The Bertz CT molecular complexity index is 793. The predicted octanol–water partition coefficient (Wildman–Crippen LogP) is 3.72. The van der Waals surface area contributed by atoms with Gasteiger partial charge in [0.25, 0.3) is 0 Å². The third kappa shape index (κ3) is 2.27. The SMILES string of the molecule is CCOC(=O)c1c(CN)n(C)c2cc(C3CC4CCC3C4)ccc12. The van der Waals surface area contributed by atoms with Crippen LogP contribution in [-0.4, -0.2) is 17.1 Å². The van der Waals surface area contributed by atoms with E-state index < -0.39 is 0 Å². The fourth-order valence-corrected chi connectivity index (χ4v) is 5.06. The molecule has 2 aromatic rings. The van der Waals surface area contributed by atoms with E-state index in [4.69, 9.17) is 10.5 Å². The predicted molar refractivity (Wildman–Crippen MR) is 95.0 cm³/mol. The maximum absolute atomic E-state index is 12.4. The monoisotopic (exact) mass is 326 g/mol. The van der Waals surface area contributed by atoms with Gasteiger partial charge in [0.05, 0.1) is 12.2 Å². The average Bonchev–Trinajstić information content (AvgIpc) is 3.28. The van der Waals surface area contributed by atoms with Crippen LogP contribution in [-0.2, 0) is 18.3 Å². The molecule has 4 heteroatoms. The summed E-state index contributed by atoms with van der Waals surface area (Å²) in [6.45, 7) is 2.55. The summed E-state index contributed by atoms with van der Waals surface area (Å²) in [4.78, 5) is 12.4. The number of aromatic nitrogens is 1. The fourth-order valence-electron chi connectivity index (χ4n) is 5.06. The zero-order valence-electron chi connectivity index (χ0n) is 14.5. The lowest BCUT2D eigenvalue weighted by molar-refractivity contribution is 0.0527. The molecule has 2 aliphatic rings. The summed E-state index contributed by atoms with van der Waals surface area (Å²) in [5, 5.41) is 0.961. The number of aryl methyl sites for hydroxylation is 1. The van der Waals surface area contributed by atoms with Gasteiger partial charge < -0.3 is 15.0 Å². The van der Waals surface area contributed by atoms with Crippen molar-refractivity contribution in [1.29, 1.82) is 0 Å². The Morgan fingerprint density at radius 3 is 2.79 bits per heavy atom. The summed E-state index contributed by atoms with van der Waals surface area (Å²) >= 11 is 0. The highest BCUT2D eigenvalue weighted by Crippen LogP contribution is 2.53. The number of ether oxygens (including phenoxy) is 1. The Labute approximate surface area is 143 Å². The molecule has 3 unspecified atom stereocenters. The maximum Gasteiger partial charge on any atom is 0.340 e. The molecular formula is C20H26N2O2. The molecule has 3 atom stereocenters. The summed E-state index contributed by atoms with van der Waals surface area (Å²) in [6.07, 6.45) is 5.52. The Kier molecular flexibility index (Phi) is 3.87. The quantitative estimate of drug-likeness (QED) is 0.871. The Hall–Kier alpha value is -1.81. The minimum absolute atomic E-state index is 0.267. The van der Waals surface area contributed by atoms with Crippen LogP contribution in [0.5, 0.6) is 0 Å². The molecule has 2 fully saturated rings. The molecule has 24 heavy (non-hydrogen) atoms. The number of fused-ring (bicyclic) bond motifs is 3. The number of hydrogen-bond donors (Lipinski definition) is 1. The van der Waals surface area contributed by atoms with Gasteiger partial charge in [-0.3, -0.25) is 0 Å². The lowest BCUT2D eigenvalue weighted by atomic mass is 9.83. The average molecular weight is 326 g/mol. The first-order valence-corrected chi connectivity index (χ1v) is 9.12. The molecule has 4 nitrogen and oxygen atoms in total. The Balaban J connectivity index is 1.80. The van der Waals surface area contributed by atoms with Crippen LogP contribution in [0.3, 0.4) is 0 Å². The van der Waals surface area contributed by atoms with E-state index in [0.29, 0.717) is 24.6 Å². The van der Waals surface area contributed by atoms with Crippen LogP contribution in [0.4, 0.5) is 0 Å². The van der Waals surface area contributed by atoms with E-state index in [2.05, 4.69) is 22.8 Å². The molecule has 2 N–H and O–H groups in total. The summed E-state index contributed by atoms with van der Waals surface area (Å²) < 4.78 is 7.32. The van der Waals surface area contributed by atoms with Crippen LogP contribution in [0.15, 0.2) is 18.2 Å². The third-order valence-corrected chi connectivity index (χ3v) is 6.19. The van der Waals surface area contributed by atoms with Crippen LogP contribution in [0.25, 0.3) is 10.9 Å². The molecule has 2 aliphatic carbocycles. The standard InChI is InChI=1S/C20H26N2O2/c1-3-24-20(23)19-15-7-6-14(10-17(15)22(2)18(19)11-21)16-9-12-4-5-13(16)8-12/h6-7,10,12-13,16H,3-5,8-9,11,21H2,1-2H3. The highest BCUT2D eigenvalue weighted by molar-refractivity contribution is 6.06. The van der Waals surface area contributed by atoms with Crippen molar-refractivity contribution in [2.45, 2.75) is 45.1 Å². The van der Waals surface area contributed by atoms with E-state index >= 15 is 0 Å². The maximum atomic E-state index is 12.4. The lowest BCUT2D eigenvalue weighted by Gasteiger charge is -2.22. The van der Waals surface area contributed by atoms with Crippen LogP contribution < -0.4 is 5.73 Å². The van der Waals surface area contributed by atoms with Gasteiger partial charge in [0.1, 0.15) is 0 Å². The van der Waals surface area contributed by atoms with Crippen LogP contribution in [0.2, 0.25) is 0 Å². The van der Waals surface area contributed by atoms with E-state index in [1.54, 1.807) is 0 Å². The van der Waals surface area contributed by atoms with E-state index in [9.17, 15) is 4.79 Å². The number of carbonyl (C=O) groups is 1. The minimum Gasteiger partial charge on any atom is -0.462 e. The van der Waals surface area contributed by atoms with Crippen molar-refractivity contribution in [2.24, 2.45) is 24.6 Å². The zero-order valence-corrected chi connectivity index (χ0v) is 14.5. The van der Waals surface area contributed by atoms with Gasteiger partial charge in [-0.05, 0) is 55.6 Å². The zero-order chi connectivity index (χ0) is 16.8. The van der Waals surface area contributed by atoms with E-state index in [1.165, 1.54) is 31.2 Å². The largest absolute Gasteiger partial charge is 0.462 e. The molecule has 0 amide bonds. The lowest BCUT2D eigenvalue weighted by Crippen LogP contribution is -2.12. The van der Waals surface area contributed by atoms with Gasteiger partial charge in [-0.15, -0.1) is 0 Å². The minimum atomic E-state index is -0.267. The van der Waals surface area contributed by atoms with Crippen molar-refractivity contribution in [3.8, 4) is 0 Å². The van der Waals surface area contributed by atoms with Gasteiger partial charge in [0.2, 0.25) is 0 Å². The van der Waals surface area contributed by atoms with Gasteiger partial charge in [0, 0.05) is 30.2 Å². The van der Waals surface area contributed by atoms with Crippen LogP contribution in [0.1, 0.15) is 60.1 Å². The second kappa shape index (κ2) is 5.92. The third-order valence-electron chi connectivity index (χ3n) is 6.19. The van der Waals surface area contributed by atoms with E-state index in [-0.39, 0.29) is 5.97 Å². The van der Waals surface area contributed by atoms with Gasteiger partial charge >= 0.3 is 5.97 Å².